The van der Waals surface area contributed by atoms with E-state index in [-0.39, 0.29) is 5.91 Å². The fourth-order valence-electron chi connectivity index (χ4n) is 3.43. The number of aliphatic imine (C=N–C) groups is 1. The van der Waals surface area contributed by atoms with Gasteiger partial charge in [0.25, 0.3) is 5.91 Å². The van der Waals surface area contributed by atoms with Gasteiger partial charge < -0.3 is 4.90 Å². The minimum atomic E-state index is -0.836. The summed E-state index contributed by atoms with van der Waals surface area (Å²) in [6.07, 6.45) is 2.87. The number of amides is 1. The zero-order chi connectivity index (χ0) is 18.9. The van der Waals surface area contributed by atoms with Crippen LogP contribution in [0.25, 0.3) is 0 Å². The average molecular weight is 370 g/mol. The summed E-state index contributed by atoms with van der Waals surface area (Å²) >= 11 is 1.44. The number of fused-ring (bicyclic) bond motifs is 1. The van der Waals surface area contributed by atoms with Gasteiger partial charge in [0.2, 0.25) is 0 Å². The summed E-state index contributed by atoms with van der Waals surface area (Å²) in [6, 6.07) is 18.8. The quantitative estimate of drug-likeness (QED) is 0.824. The lowest BCUT2D eigenvalue weighted by Gasteiger charge is -2.34. The summed E-state index contributed by atoms with van der Waals surface area (Å²) in [6.45, 7) is 0. The molecule has 0 aromatic heterocycles. The molecule has 1 amide bonds. The molecule has 5 nitrogen and oxygen atoms in total. The summed E-state index contributed by atoms with van der Waals surface area (Å²) in [5, 5.41) is 20.6. The molecule has 0 spiro atoms. The molecule has 0 fully saturated rings. The minimum absolute atomic E-state index is 0.164. The van der Waals surface area contributed by atoms with Gasteiger partial charge in [-0.25, -0.2) is 0 Å². The Balaban J connectivity index is 1.71. The Kier molecular flexibility index (Phi) is 4.27. The first-order chi connectivity index (χ1) is 13.1. The maximum Gasteiger partial charge on any atom is 0.275 e. The van der Waals surface area contributed by atoms with Crippen LogP contribution < -0.4 is 0 Å². The van der Waals surface area contributed by atoms with E-state index in [9.17, 15) is 4.79 Å². The van der Waals surface area contributed by atoms with Gasteiger partial charge in [-0.05, 0) is 40.8 Å². The normalized spacial score (nSPS) is 16.6. The summed E-state index contributed by atoms with van der Waals surface area (Å²) in [7, 11) is 0. The van der Waals surface area contributed by atoms with Crippen molar-refractivity contribution in [2.24, 2.45) is 4.99 Å². The summed E-state index contributed by atoms with van der Waals surface area (Å²) in [5.74, 6) is -0.164. The highest BCUT2D eigenvalue weighted by Crippen LogP contribution is 2.39. The molecule has 2 aliphatic heterocycles. The van der Waals surface area contributed by atoms with Gasteiger partial charge in [0.15, 0.2) is 5.17 Å². The highest BCUT2D eigenvalue weighted by Gasteiger charge is 2.50. The second-order valence-corrected chi connectivity index (χ2v) is 7.35. The number of benzene rings is 2. The van der Waals surface area contributed by atoms with Crippen molar-refractivity contribution in [1.29, 1.82) is 10.5 Å². The third kappa shape index (κ3) is 3.01. The van der Waals surface area contributed by atoms with E-state index in [4.69, 9.17) is 10.5 Å². The predicted molar refractivity (Wildman–Crippen MR) is 103 cm³/mol. The molecule has 0 radical (unpaired) electrons. The van der Waals surface area contributed by atoms with Crippen molar-refractivity contribution < 1.29 is 4.79 Å². The molecule has 6 heteroatoms. The molecule has 0 N–H and O–H groups in total. The van der Waals surface area contributed by atoms with Gasteiger partial charge in [0.05, 0.1) is 23.3 Å². The monoisotopic (exact) mass is 370 g/mol. The number of amidine groups is 1. The summed E-state index contributed by atoms with van der Waals surface area (Å²) in [5.41, 5.74) is 2.28. The van der Waals surface area contributed by atoms with Crippen LogP contribution in [-0.2, 0) is 17.6 Å². The predicted octanol–water partition coefficient (Wildman–Crippen LogP) is 3.37. The van der Waals surface area contributed by atoms with Crippen LogP contribution in [0.2, 0.25) is 0 Å². The molecule has 27 heavy (non-hydrogen) atoms. The van der Waals surface area contributed by atoms with E-state index < -0.39 is 5.54 Å². The lowest BCUT2D eigenvalue weighted by Crippen LogP contribution is -2.51. The van der Waals surface area contributed by atoms with E-state index >= 15 is 0 Å². The van der Waals surface area contributed by atoms with Crippen LogP contribution >= 0.6 is 11.8 Å². The first-order valence-electron chi connectivity index (χ1n) is 8.38. The Bertz CT molecular complexity index is 980. The Morgan fingerprint density at radius 1 is 0.926 bits per heavy atom. The van der Waals surface area contributed by atoms with Crippen molar-refractivity contribution in [3.05, 3.63) is 82.4 Å². The van der Waals surface area contributed by atoms with E-state index in [1.807, 2.05) is 40.8 Å². The number of nitrogens with zero attached hydrogens (tertiary/aromatic N) is 4. The SMILES string of the molecule is N#Cc1ccc(CC2(Cc3ccc(C#N)cc3)C(=O)N=C3SC=CN32)cc1. The first kappa shape index (κ1) is 17.1. The molecule has 4 rings (SSSR count). The number of rotatable bonds is 4. The van der Waals surface area contributed by atoms with Gasteiger partial charge >= 0.3 is 0 Å². The third-order valence-electron chi connectivity index (χ3n) is 4.81. The number of carbonyl (C=O) groups is 1. The van der Waals surface area contributed by atoms with Crippen LogP contribution in [0.5, 0.6) is 0 Å². The number of thioether (sulfide) groups is 1. The molecule has 0 saturated carbocycles. The van der Waals surface area contributed by atoms with Gasteiger partial charge in [-0.2, -0.15) is 15.5 Å². The van der Waals surface area contributed by atoms with Crippen LogP contribution in [0, 0.1) is 22.7 Å². The van der Waals surface area contributed by atoms with Crippen molar-refractivity contribution in [1.82, 2.24) is 4.90 Å². The van der Waals surface area contributed by atoms with Gasteiger partial charge in [0, 0.05) is 19.0 Å². The van der Waals surface area contributed by atoms with Gasteiger partial charge in [-0.15, -0.1) is 0 Å². The second-order valence-electron chi connectivity index (χ2n) is 6.48. The lowest BCUT2D eigenvalue weighted by molar-refractivity contribution is -0.124. The Morgan fingerprint density at radius 2 is 1.44 bits per heavy atom. The standard InChI is InChI=1S/C21H14N4OS/c22-13-17-5-1-15(2-6-17)11-21(12-16-3-7-18(14-23)8-4-16)19(26)24-20-25(21)9-10-27-20/h1-10H,11-12H2. The van der Waals surface area contributed by atoms with E-state index in [1.54, 1.807) is 24.3 Å². The van der Waals surface area contributed by atoms with Gasteiger partial charge in [-0.3, -0.25) is 4.79 Å². The molecule has 130 valence electrons. The number of hydrogen-bond acceptors (Lipinski definition) is 5. The fraction of sp³-hybridized carbons (Fsp3) is 0.143. The second kappa shape index (κ2) is 6.75. The molecule has 2 heterocycles. The van der Waals surface area contributed by atoms with E-state index in [2.05, 4.69) is 17.1 Å². The Labute approximate surface area is 161 Å². The average Bonchev–Trinajstić information content (AvgIpc) is 3.25. The van der Waals surface area contributed by atoms with Crippen LogP contribution in [0.3, 0.4) is 0 Å². The fourth-order valence-corrected chi connectivity index (χ4v) is 4.22. The van der Waals surface area contributed by atoms with Crippen molar-refractivity contribution in [3.63, 3.8) is 0 Å². The third-order valence-corrected chi connectivity index (χ3v) is 5.56. The van der Waals surface area contributed by atoms with Crippen LogP contribution in [0.15, 0.2) is 65.1 Å². The zero-order valence-corrected chi connectivity index (χ0v) is 15.1. The first-order valence-corrected chi connectivity index (χ1v) is 9.26. The van der Waals surface area contributed by atoms with Crippen LogP contribution in [0.1, 0.15) is 22.3 Å². The topological polar surface area (TPSA) is 80.2 Å². The lowest BCUT2D eigenvalue weighted by atomic mass is 9.83. The Morgan fingerprint density at radius 3 is 1.93 bits per heavy atom. The van der Waals surface area contributed by atoms with E-state index in [0.717, 1.165) is 11.1 Å². The van der Waals surface area contributed by atoms with E-state index in [1.165, 1.54) is 11.8 Å². The summed E-state index contributed by atoms with van der Waals surface area (Å²) in [4.78, 5) is 19.2. The highest BCUT2D eigenvalue weighted by molar-refractivity contribution is 8.16. The molecule has 2 aliphatic rings. The molecular weight excluding hydrogens is 356 g/mol. The molecule has 0 atom stereocenters. The number of carbonyl (C=O) groups excluding carboxylic acids is 1. The molecular formula is C21H14N4OS. The van der Waals surface area contributed by atoms with Crippen molar-refractivity contribution in [3.8, 4) is 12.1 Å². The molecule has 2 aromatic rings. The van der Waals surface area contributed by atoms with Crippen molar-refractivity contribution in [2.75, 3.05) is 0 Å². The number of hydrogen-bond donors (Lipinski definition) is 0. The largest absolute Gasteiger partial charge is 0.311 e. The zero-order valence-electron chi connectivity index (χ0n) is 14.3. The highest BCUT2D eigenvalue weighted by atomic mass is 32.2. The van der Waals surface area contributed by atoms with E-state index in [0.29, 0.717) is 29.1 Å². The smallest absolute Gasteiger partial charge is 0.275 e. The van der Waals surface area contributed by atoms with Crippen LogP contribution in [0.4, 0.5) is 0 Å². The summed E-state index contributed by atoms with van der Waals surface area (Å²) < 4.78 is 0. The van der Waals surface area contributed by atoms with Crippen LogP contribution in [-0.4, -0.2) is 21.5 Å². The molecule has 0 unspecified atom stereocenters. The van der Waals surface area contributed by atoms with Crippen molar-refractivity contribution >= 4 is 22.8 Å². The number of nitriles is 2. The van der Waals surface area contributed by atoms with Gasteiger partial charge in [0.1, 0.15) is 5.54 Å². The molecule has 0 bridgehead atoms. The van der Waals surface area contributed by atoms with Gasteiger partial charge in [-0.1, -0.05) is 36.0 Å². The van der Waals surface area contributed by atoms with Crippen molar-refractivity contribution in [2.45, 2.75) is 18.4 Å². The molecule has 0 saturated heterocycles. The Hall–Kier alpha value is -3.35. The maximum absolute atomic E-state index is 13.0. The maximum atomic E-state index is 13.0. The molecule has 0 aliphatic carbocycles. The minimum Gasteiger partial charge on any atom is -0.311 e. The molecule has 2 aromatic carbocycles.